The summed E-state index contributed by atoms with van der Waals surface area (Å²) in [6.07, 6.45) is 4.37. The van der Waals surface area contributed by atoms with Crippen LogP contribution >= 0.6 is 0 Å². The summed E-state index contributed by atoms with van der Waals surface area (Å²) in [6.45, 7) is 9.08. The quantitative estimate of drug-likeness (QED) is 0.135. The molecule has 41 heavy (non-hydrogen) atoms. The van der Waals surface area contributed by atoms with Gasteiger partial charge in [0.25, 0.3) is 0 Å². The van der Waals surface area contributed by atoms with E-state index in [1.807, 2.05) is 88.5 Å². The van der Waals surface area contributed by atoms with E-state index in [9.17, 15) is 9.59 Å². The highest BCUT2D eigenvalue weighted by Gasteiger charge is 2.14. The van der Waals surface area contributed by atoms with Crippen molar-refractivity contribution < 1.29 is 9.59 Å². The van der Waals surface area contributed by atoms with E-state index in [1.165, 1.54) is 5.56 Å². The molecule has 0 spiro atoms. The van der Waals surface area contributed by atoms with Crippen LogP contribution in [0.15, 0.2) is 48.8 Å². The molecule has 0 aliphatic rings. The van der Waals surface area contributed by atoms with Gasteiger partial charge in [0, 0.05) is 71.3 Å². The van der Waals surface area contributed by atoms with Gasteiger partial charge in [-0.15, -0.1) is 0 Å². The van der Waals surface area contributed by atoms with Crippen molar-refractivity contribution in [2.45, 2.75) is 39.4 Å². The Morgan fingerprint density at radius 1 is 0.756 bits per heavy atom. The Balaban J connectivity index is 0.000000765. The van der Waals surface area contributed by atoms with E-state index in [2.05, 4.69) is 31.1 Å². The normalized spacial score (nSPS) is 12.2. The van der Waals surface area contributed by atoms with Crippen molar-refractivity contribution in [1.29, 1.82) is 0 Å². The van der Waals surface area contributed by atoms with Gasteiger partial charge in [0.15, 0.2) is 0 Å². The largest absolute Gasteiger partial charge is 0.353 e. The molecular formula is C30H57N9O2. The van der Waals surface area contributed by atoms with Crippen molar-refractivity contribution in [3.05, 3.63) is 59.9 Å². The zero-order valence-electron chi connectivity index (χ0n) is 25.2. The molecule has 8 N–H and O–H groups in total. The number of aryl methyl sites for hydroxylation is 1. The molecule has 234 valence electrons. The molecular weight excluding hydrogens is 518 g/mol. The van der Waals surface area contributed by atoms with Gasteiger partial charge in [-0.3, -0.25) is 9.59 Å². The first-order valence-corrected chi connectivity index (χ1v) is 14.0. The van der Waals surface area contributed by atoms with Crippen LogP contribution in [0.2, 0.25) is 0 Å². The number of hydrogen-bond acceptors (Lipinski definition) is 8. The highest BCUT2D eigenvalue weighted by Crippen LogP contribution is 2.05. The Labute approximate surface area is 248 Å². The zero-order valence-corrected chi connectivity index (χ0v) is 25.2. The minimum Gasteiger partial charge on any atom is -0.353 e. The molecule has 1 aromatic carbocycles. The molecule has 11 heteroatoms. The first kappa shape index (κ1) is 38.2. The molecule has 0 saturated heterocycles. The molecule has 1 heterocycles. The highest BCUT2D eigenvalue weighted by molar-refractivity contribution is 5.82. The lowest BCUT2D eigenvalue weighted by atomic mass is 10.0. The van der Waals surface area contributed by atoms with Crippen LogP contribution in [-0.4, -0.2) is 119 Å². The smallest absolute Gasteiger partial charge is 0.238 e. The van der Waals surface area contributed by atoms with Gasteiger partial charge in [-0.05, 0) is 59.2 Å². The van der Waals surface area contributed by atoms with E-state index in [0.717, 1.165) is 44.8 Å². The van der Waals surface area contributed by atoms with E-state index < -0.39 is 12.1 Å². The Bertz CT molecular complexity index is 919. The first-order valence-electron chi connectivity index (χ1n) is 14.0. The maximum Gasteiger partial charge on any atom is 0.238 e. The van der Waals surface area contributed by atoms with Crippen LogP contribution in [0.5, 0.6) is 0 Å². The van der Waals surface area contributed by atoms with Gasteiger partial charge in [-0.2, -0.15) is 0 Å². The molecule has 2 amide bonds. The van der Waals surface area contributed by atoms with Crippen LogP contribution in [0.3, 0.4) is 0 Å². The minimum absolute atomic E-state index is 0. The molecule has 2 rings (SSSR count). The summed E-state index contributed by atoms with van der Waals surface area (Å²) in [6, 6.07) is 10.9. The van der Waals surface area contributed by atoms with Crippen molar-refractivity contribution in [3.8, 4) is 0 Å². The molecule has 0 aliphatic heterocycles. The van der Waals surface area contributed by atoms with Gasteiger partial charge < -0.3 is 47.1 Å². The average Bonchev–Trinajstić information content (AvgIpc) is 3.42. The first-order chi connectivity index (χ1) is 19.1. The summed E-state index contributed by atoms with van der Waals surface area (Å²) in [5.74, 6) is -0.201. The van der Waals surface area contributed by atoms with Crippen LogP contribution in [0.25, 0.3) is 0 Å². The molecule has 2 atom stereocenters. The van der Waals surface area contributed by atoms with Crippen molar-refractivity contribution in [2.24, 2.45) is 11.5 Å². The maximum absolute atomic E-state index is 11.9. The standard InChI is InChI=1S/C16H28N4O.C13H25N5O.CH4/c1-13-4-6-14(7-5-13)12-15(17)16(21)19-9-8-18-10-11-20(2)3;1-17(2)10-7-15-5-6-16-13(19)12(14)11-18-8-3-4-9-18;/h4-7,15,18H,8-12,17H2,1-3H3,(H,19,21);3-4,8-9,12,15H,5-7,10-11,14H2,1-2H3,(H,16,19);1H4. The highest BCUT2D eigenvalue weighted by atomic mass is 16.2. The Morgan fingerprint density at radius 3 is 1.68 bits per heavy atom. The van der Waals surface area contributed by atoms with Crippen LogP contribution in [-0.2, 0) is 22.6 Å². The number of nitrogens with two attached hydrogens (primary N) is 2. The third-order valence-corrected chi connectivity index (χ3v) is 6.00. The Morgan fingerprint density at radius 2 is 1.22 bits per heavy atom. The molecule has 0 saturated carbocycles. The molecule has 1 aromatic heterocycles. The van der Waals surface area contributed by atoms with Crippen molar-refractivity contribution >= 4 is 11.8 Å². The fourth-order valence-corrected chi connectivity index (χ4v) is 3.54. The SMILES string of the molecule is C.CN(C)CCNCCNC(=O)C(N)Cn1cccc1.Cc1ccc(CC(N)C(=O)NCCNCCN(C)C)cc1. The predicted octanol–water partition coefficient (Wildman–Crippen LogP) is -0.149. The Kier molecular flexibility index (Phi) is 21.3. The lowest BCUT2D eigenvalue weighted by molar-refractivity contribution is -0.123. The fourth-order valence-electron chi connectivity index (χ4n) is 3.54. The molecule has 0 radical (unpaired) electrons. The van der Waals surface area contributed by atoms with E-state index in [-0.39, 0.29) is 19.2 Å². The number of carbonyl (C=O) groups is 2. The molecule has 0 aliphatic carbocycles. The minimum atomic E-state index is -0.505. The summed E-state index contributed by atoms with van der Waals surface area (Å²) in [5, 5.41) is 12.2. The Hall–Kier alpha value is -2.80. The van der Waals surface area contributed by atoms with Gasteiger partial charge in [0.2, 0.25) is 11.8 Å². The van der Waals surface area contributed by atoms with E-state index in [1.54, 1.807) is 0 Å². The molecule has 2 unspecified atom stereocenters. The predicted molar refractivity (Wildman–Crippen MR) is 171 cm³/mol. The van der Waals surface area contributed by atoms with E-state index >= 15 is 0 Å². The second-order valence-corrected chi connectivity index (χ2v) is 10.5. The lowest BCUT2D eigenvalue weighted by Crippen LogP contribution is -2.45. The van der Waals surface area contributed by atoms with Crippen LogP contribution in [0.1, 0.15) is 18.6 Å². The van der Waals surface area contributed by atoms with Crippen LogP contribution in [0, 0.1) is 6.92 Å². The molecule has 11 nitrogen and oxygen atoms in total. The van der Waals surface area contributed by atoms with Gasteiger partial charge in [-0.25, -0.2) is 0 Å². The molecule has 2 aromatic rings. The average molecular weight is 576 g/mol. The number of aromatic nitrogens is 1. The van der Waals surface area contributed by atoms with Crippen molar-refractivity contribution in [1.82, 2.24) is 35.6 Å². The number of nitrogens with one attached hydrogen (secondary N) is 4. The van der Waals surface area contributed by atoms with E-state index in [0.29, 0.717) is 26.1 Å². The van der Waals surface area contributed by atoms with Crippen LogP contribution < -0.4 is 32.7 Å². The summed E-state index contributed by atoms with van der Waals surface area (Å²) in [7, 11) is 8.13. The molecule has 0 bridgehead atoms. The summed E-state index contributed by atoms with van der Waals surface area (Å²) in [5.41, 5.74) is 14.1. The maximum atomic E-state index is 11.9. The fraction of sp³-hybridized carbons (Fsp3) is 0.600. The molecule has 0 fully saturated rings. The summed E-state index contributed by atoms with van der Waals surface area (Å²) >= 11 is 0. The zero-order chi connectivity index (χ0) is 29.8. The monoisotopic (exact) mass is 575 g/mol. The number of likely N-dealkylation sites (N-methyl/N-ethyl adjacent to an activating group) is 2. The lowest BCUT2D eigenvalue weighted by Gasteiger charge is -2.14. The summed E-state index contributed by atoms with van der Waals surface area (Å²) in [4.78, 5) is 27.8. The second kappa shape index (κ2) is 22.8. The number of benzene rings is 1. The van der Waals surface area contributed by atoms with Crippen molar-refractivity contribution in [2.75, 3.05) is 80.5 Å². The number of amides is 2. The van der Waals surface area contributed by atoms with Gasteiger partial charge in [-0.1, -0.05) is 37.3 Å². The number of rotatable bonds is 18. The van der Waals surface area contributed by atoms with Gasteiger partial charge >= 0.3 is 0 Å². The van der Waals surface area contributed by atoms with Gasteiger partial charge in [0.1, 0.15) is 6.04 Å². The van der Waals surface area contributed by atoms with E-state index in [4.69, 9.17) is 11.5 Å². The number of carbonyl (C=O) groups excluding carboxylic acids is 2. The number of nitrogens with zero attached hydrogens (tertiary/aromatic N) is 3. The van der Waals surface area contributed by atoms with Gasteiger partial charge in [0.05, 0.1) is 6.04 Å². The number of hydrogen-bond donors (Lipinski definition) is 6. The third kappa shape index (κ3) is 19.8. The topological polar surface area (TPSA) is 146 Å². The third-order valence-electron chi connectivity index (χ3n) is 6.00. The van der Waals surface area contributed by atoms with Crippen LogP contribution in [0.4, 0.5) is 0 Å². The summed E-state index contributed by atoms with van der Waals surface area (Å²) < 4.78 is 1.90. The van der Waals surface area contributed by atoms with Crippen molar-refractivity contribution in [3.63, 3.8) is 0 Å². The second-order valence-electron chi connectivity index (χ2n) is 10.5.